The average molecular weight is 570 g/mol. The zero-order chi connectivity index (χ0) is 23.3. The van der Waals surface area contributed by atoms with Crippen molar-refractivity contribution < 1.29 is 41.6 Å². The van der Waals surface area contributed by atoms with Crippen LogP contribution in [0, 0.1) is 5.92 Å². The molecule has 0 aliphatic carbocycles. The van der Waals surface area contributed by atoms with Crippen molar-refractivity contribution in [2.75, 3.05) is 26.2 Å². The van der Waals surface area contributed by atoms with Crippen LogP contribution in [0.5, 0.6) is 0 Å². The Morgan fingerprint density at radius 2 is 1.09 bits per heavy atom. The standard InChI is InChI=1S/C21H26N4O4S2.Ag/c1-5-22-16(26)14(17(27)23(6-2)20(22)30)12-10-9-11-13-15-18(28)24(7-3)21(31)25(8-4)19(15)29;/h9-14H,5-8H2,1-4H3;/q;+1. The van der Waals surface area contributed by atoms with Crippen LogP contribution in [0.3, 0.4) is 0 Å². The second-order valence-electron chi connectivity index (χ2n) is 6.66. The van der Waals surface area contributed by atoms with Gasteiger partial charge in [0.05, 0.1) is 0 Å². The van der Waals surface area contributed by atoms with Crippen LogP contribution in [0.2, 0.25) is 0 Å². The minimum atomic E-state index is -0.967. The van der Waals surface area contributed by atoms with E-state index in [2.05, 4.69) is 0 Å². The third kappa shape index (κ3) is 5.32. The van der Waals surface area contributed by atoms with Gasteiger partial charge < -0.3 is 0 Å². The molecule has 0 aromatic carbocycles. The van der Waals surface area contributed by atoms with Gasteiger partial charge in [0.15, 0.2) is 10.2 Å². The quantitative estimate of drug-likeness (QED) is 0.116. The van der Waals surface area contributed by atoms with E-state index in [9.17, 15) is 19.2 Å². The SMILES string of the molecule is CCN1C(=O)C(=CC=CC=CC2C(=O)N(CC)C(=S)N(CC)C2=O)C(=O)N(CC)C1=S.[Ag+]. The Morgan fingerprint density at radius 1 is 0.688 bits per heavy atom. The predicted octanol–water partition coefficient (Wildman–Crippen LogP) is 1.63. The third-order valence-electron chi connectivity index (χ3n) is 4.99. The number of hydrogen-bond donors (Lipinski definition) is 0. The maximum absolute atomic E-state index is 12.6. The van der Waals surface area contributed by atoms with Crippen molar-refractivity contribution in [3.05, 3.63) is 36.0 Å². The summed E-state index contributed by atoms with van der Waals surface area (Å²) >= 11 is 10.5. The molecule has 0 bridgehead atoms. The Labute approximate surface area is 214 Å². The first-order valence-corrected chi connectivity index (χ1v) is 11.0. The minimum Gasteiger partial charge on any atom is -0.288 e. The number of rotatable bonds is 7. The van der Waals surface area contributed by atoms with Gasteiger partial charge in [-0.05, 0) is 58.2 Å². The van der Waals surface area contributed by atoms with E-state index in [-0.39, 0.29) is 50.0 Å². The van der Waals surface area contributed by atoms with E-state index in [0.29, 0.717) is 26.2 Å². The van der Waals surface area contributed by atoms with Gasteiger partial charge >= 0.3 is 22.4 Å². The van der Waals surface area contributed by atoms with Crippen molar-refractivity contribution in [1.82, 2.24) is 19.6 Å². The van der Waals surface area contributed by atoms with Crippen LogP contribution < -0.4 is 0 Å². The predicted molar refractivity (Wildman–Crippen MR) is 125 cm³/mol. The van der Waals surface area contributed by atoms with Crippen molar-refractivity contribution in [2.45, 2.75) is 27.7 Å². The second-order valence-corrected chi connectivity index (χ2v) is 7.39. The Morgan fingerprint density at radius 3 is 1.50 bits per heavy atom. The first-order chi connectivity index (χ1) is 14.7. The van der Waals surface area contributed by atoms with Crippen LogP contribution in [0.25, 0.3) is 0 Å². The van der Waals surface area contributed by atoms with Crippen molar-refractivity contribution in [2.24, 2.45) is 5.92 Å². The zero-order valence-electron chi connectivity index (χ0n) is 18.3. The molecule has 2 heterocycles. The number of hydrogen-bond acceptors (Lipinski definition) is 6. The molecule has 0 aromatic heterocycles. The number of carbonyl (C=O) groups is 4. The van der Waals surface area contributed by atoms with Crippen LogP contribution in [0.1, 0.15) is 27.7 Å². The van der Waals surface area contributed by atoms with Crippen LogP contribution in [-0.4, -0.2) is 79.6 Å². The zero-order valence-corrected chi connectivity index (χ0v) is 21.4. The third-order valence-corrected chi connectivity index (χ3v) is 5.87. The van der Waals surface area contributed by atoms with Crippen molar-refractivity contribution in [1.29, 1.82) is 0 Å². The summed E-state index contributed by atoms with van der Waals surface area (Å²) in [5.74, 6) is -2.59. The fraction of sp³-hybridized carbons (Fsp3) is 0.429. The molecule has 2 aliphatic rings. The topological polar surface area (TPSA) is 81.2 Å². The van der Waals surface area contributed by atoms with Crippen LogP contribution in [0.4, 0.5) is 0 Å². The summed E-state index contributed by atoms with van der Waals surface area (Å²) in [6.45, 7) is 8.63. The molecule has 2 rings (SSSR count). The molecule has 0 unspecified atom stereocenters. The maximum Gasteiger partial charge on any atom is 1.00 e. The molecule has 0 atom stereocenters. The first kappa shape index (κ1) is 28.1. The number of amides is 4. The van der Waals surface area contributed by atoms with Crippen molar-refractivity contribution in [3.8, 4) is 0 Å². The van der Waals surface area contributed by atoms with Crippen LogP contribution in [-0.2, 0) is 41.6 Å². The van der Waals surface area contributed by atoms with E-state index >= 15 is 0 Å². The fourth-order valence-electron chi connectivity index (χ4n) is 3.32. The van der Waals surface area contributed by atoms with Gasteiger partial charge in [-0.2, -0.15) is 0 Å². The number of carbonyl (C=O) groups excluding carboxylic acids is 4. The molecule has 0 N–H and O–H groups in total. The molecule has 0 aromatic rings. The summed E-state index contributed by atoms with van der Waals surface area (Å²) in [7, 11) is 0. The van der Waals surface area contributed by atoms with Gasteiger partial charge in [-0.15, -0.1) is 0 Å². The fourth-order valence-corrected chi connectivity index (χ4v) is 4.18. The average Bonchev–Trinajstić information content (AvgIpc) is 2.73. The summed E-state index contributed by atoms with van der Waals surface area (Å²) in [4.78, 5) is 55.9. The number of likely N-dealkylation sites (N-methyl/N-ethyl adjacent to an activating group) is 2. The van der Waals surface area contributed by atoms with E-state index in [0.717, 1.165) is 0 Å². The second kappa shape index (κ2) is 12.3. The normalized spacial score (nSPS) is 18.6. The molecule has 32 heavy (non-hydrogen) atoms. The molecule has 2 saturated heterocycles. The molecular formula is C21H26AgN4O4S2+. The van der Waals surface area contributed by atoms with E-state index in [1.54, 1.807) is 39.8 Å². The molecular weight excluding hydrogens is 544 g/mol. The maximum atomic E-state index is 12.6. The number of allylic oxidation sites excluding steroid dienone is 4. The van der Waals surface area contributed by atoms with Crippen LogP contribution >= 0.6 is 24.4 Å². The van der Waals surface area contributed by atoms with Gasteiger partial charge in [0, 0.05) is 26.2 Å². The van der Waals surface area contributed by atoms with Crippen molar-refractivity contribution >= 4 is 58.3 Å². The minimum absolute atomic E-state index is 0. The number of nitrogens with zero attached hydrogens (tertiary/aromatic N) is 4. The summed E-state index contributed by atoms with van der Waals surface area (Å²) < 4.78 is 0. The summed E-state index contributed by atoms with van der Waals surface area (Å²) in [5.41, 5.74) is 0.00596. The molecule has 176 valence electrons. The Kier molecular flexibility index (Phi) is 10.8. The molecule has 0 spiro atoms. The van der Waals surface area contributed by atoms with Gasteiger partial charge in [-0.3, -0.25) is 38.8 Å². The van der Waals surface area contributed by atoms with E-state index in [1.165, 1.54) is 37.8 Å². The van der Waals surface area contributed by atoms with Gasteiger partial charge in [-0.25, -0.2) is 0 Å². The Balaban J connectivity index is 0.00000512. The molecule has 2 aliphatic heterocycles. The largest absolute Gasteiger partial charge is 1.00 e. The first-order valence-electron chi connectivity index (χ1n) is 10.1. The molecule has 0 radical (unpaired) electrons. The van der Waals surface area contributed by atoms with Crippen molar-refractivity contribution in [3.63, 3.8) is 0 Å². The molecule has 8 nitrogen and oxygen atoms in total. The summed E-state index contributed by atoms with van der Waals surface area (Å²) in [6.07, 6.45) is 7.54. The van der Waals surface area contributed by atoms with E-state index in [1.807, 2.05) is 0 Å². The number of thiocarbonyl (C=S) groups is 2. The van der Waals surface area contributed by atoms with E-state index < -0.39 is 17.7 Å². The molecule has 2 fully saturated rings. The summed E-state index contributed by atoms with van der Waals surface area (Å²) in [6, 6.07) is 0. The summed E-state index contributed by atoms with van der Waals surface area (Å²) in [5, 5.41) is 0.423. The smallest absolute Gasteiger partial charge is 0.288 e. The molecule has 11 heteroatoms. The molecule has 0 saturated carbocycles. The molecule has 4 amide bonds. The Bertz CT molecular complexity index is 861. The van der Waals surface area contributed by atoms with Gasteiger partial charge in [0.2, 0.25) is 11.8 Å². The van der Waals surface area contributed by atoms with Gasteiger partial charge in [-0.1, -0.05) is 24.3 Å². The van der Waals surface area contributed by atoms with Crippen LogP contribution in [0.15, 0.2) is 36.0 Å². The Hall–Kier alpha value is -1.98. The monoisotopic (exact) mass is 569 g/mol. The van der Waals surface area contributed by atoms with Gasteiger partial charge in [0.25, 0.3) is 11.8 Å². The van der Waals surface area contributed by atoms with Gasteiger partial charge in [0.1, 0.15) is 11.5 Å². The van der Waals surface area contributed by atoms with E-state index in [4.69, 9.17) is 24.4 Å².